The molecular formula is C8H7IN4. The van der Waals surface area contributed by atoms with Gasteiger partial charge in [0.2, 0.25) is 0 Å². The molecule has 0 saturated heterocycles. The van der Waals surface area contributed by atoms with Crippen molar-refractivity contribution in [2.24, 2.45) is 0 Å². The highest BCUT2D eigenvalue weighted by atomic mass is 127. The number of nitrogens with zero attached hydrogens (tertiary/aromatic N) is 2. The monoisotopic (exact) mass is 286 g/mol. The predicted molar refractivity (Wildman–Crippen MR) is 58.8 cm³/mol. The van der Waals surface area contributed by atoms with E-state index in [-0.39, 0.29) is 0 Å². The maximum absolute atomic E-state index is 4.19. The van der Waals surface area contributed by atoms with Crippen LogP contribution in [-0.2, 0) is 0 Å². The Morgan fingerprint density at radius 3 is 2.85 bits per heavy atom. The number of anilines is 2. The fourth-order valence-electron chi connectivity index (χ4n) is 0.917. The van der Waals surface area contributed by atoms with Crippen molar-refractivity contribution in [3.8, 4) is 0 Å². The molecule has 0 fully saturated rings. The first-order chi connectivity index (χ1) is 6.34. The molecule has 5 heteroatoms. The maximum atomic E-state index is 4.19. The molecule has 4 nitrogen and oxygen atoms in total. The summed E-state index contributed by atoms with van der Waals surface area (Å²) >= 11 is 2.22. The zero-order valence-electron chi connectivity index (χ0n) is 6.66. The summed E-state index contributed by atoms with van der Waals surface area (Å²) in [6.07, 6.45) is 5.29. The van der Waals surface area contributed by atoms with E-state index in [0.29, 0.717) is 0 Å². The zero-order valence-corrected chi connectivity index (χ0v) is 8.82. The van der Waals surface area contributed by atoms with Gasteiger partial charge in [0.25, 0.3) is 0 Å². The van der Waals surface area contributed by atoms with Gasteiger partial charge in [-0.15, -0.1) is 0 Å². The quantitative estimate of drug-likeness (QED) is 0.832. The molecule has 2 aromatic heterocycles. The van der Waals surface area contributed by atoms with E-state index in [1.54, 1.807) is 12.4 Å². The summed E-state index contributed by atoms with van der Waals surface area (Å²) < 4.78 is 1.12. The summed E-state index contributed by atoms with van der Waals surface area (Å²) in [6, 6.07) is 3.92. The Bertz CT molecular complexity index is 368. The lowest BCUT2D eigenvalue weighted by Gasteiger charge is -2.00. The maximum Gasteiger partial charge on any atom is 0.130 e. The number of H-pyrrole nitrogens is 1. The number of aromatic nitrogens is 3. The number of nitrogens with one attached hydrogen (secondary N) is 2. The van der Waals surface area contributed by atoms with Crippen LogP contribution in [0.3, 0.4) is 0 Å². The highest BCUT2D eigenvalue weighted by Crippen LogP contribution is 2.12. The van der Waals surface area contributed by atoms with Crippen LogP contribution in [0.25, 0.3) is 0 Å². The molecule has 0 amide bonds. The van der Waals surface area contributed by atoms with E-state index in [0.717, 1.165) is 15.1 Å². The van der Waals surface area contributed by atoms with Gasteiger partial charge in [-0.1, -0.05) is 0 Å². The Hall–Kier alpha value is -1.11. The first-order valence-corrected chi connectivity index (χ1v) is 4.80. The molecule has 2 aromatic rings. The molecule has 2 rings (SSSR count). The lowest BCUT2D eigenvalue weighted by molar-refractivity contribution is 1.09. The standard InChI is InChI=1S/C8H7IN4/c9-6-1-2-8(10-3-6)13-7-4-11-12-5-7/h1-5H,(H,10,13)(H,11,12). The Balaban J connectivity index is 2.15. The second-order valence-corrected chi connectivity index (χ2v) is 3.72. The average Bonchev–Trinajstić information content (AvgIpc) is 2.62. The van der Waals surface area contributed by atoms with E-state index in [4.69, 9.17) is 0 Å². The van der Waals surface area contributed by atoms with Gasteiger partial charge in [-0.05, 0) is 34.7 Å². The van der Waals surface area contributed by atoms with Gasteiger partial charge in [-0.25, -0.2) is 4.98 Å². The van der Waals surface area contributed by atoms with E-state index in [1.165, 1.54) is 0 Å². The Morgan fingerprint density at radius 1 is 1.31 bits per heavy atom. The van der Waals surface area contributed by atoms with Crippen molar-refractivity contribution in [2.45, 2.75) is 0 Å². The van der Waals surface area contributed by atoms with Crippen molar-refractivity contribution in [1.29, 1.82) is 0 Å². The summed E-state index contributed by atoms with van der Waals surface area (Å²) in [7, 11) is 0. The summed E-state index contributed by atoms with van der Waals surface area (Å²) in [6.45, 7) is 0. The van der Waals surface area contributed by atoms with Gasteiger partial charge in [-0.3, -0.25) is 5.10 Å². The van der Waals surface area contributed by atoms with Crippen LogP contribution in [0.15, 0.2) is 30.7 Å². The van der Waals surface area contributed by atoms with Crippen molar-refractivity contribution in [2.75, 3.05) is 5.32 Å². The second kappa shape index (κ2) is 3.73. The van der Waals surface area contributed by atoms with Crippen molar-refractivity contribution in [3.63, 3.8) is 0 Å². The van der Waals surface area contributed by atoms with Gasteiger partial charge >= 0.3 is 0 Å². The van der Waals surface area contributed by atoms with Crippen LogP contribution < -0.4 is 5.32 Å². The minimum Gasteiger partial charge on any atom is -0.338 e. The van der Waals surface area contributed by atoms with E-state index in [1.807, 2.05) is 18.3 Å². The van der Waals surface area contributed by atoms with Crippen LogP contribution in [0.1, 0.15) is 0 Å². The van der Waals surface area contributed by atoms with Crippen LogP contribution in [-0.4, -0.2) is 15.2 Å². The third kappa shape index (κ3) is 2.18. The molecule has 13 heavy (non-hydrogen) atoms. The van der Waals surface area contributed by atoms with Gasteiger partial charge in [-0.2, -0.15) is 5.10 Å². The average molecular weight is 286 g/mol. The first kappa shape index (κ1) is 8.49. The Labute approximate surface area is 88.9 Å². The van der Waals surface area contributed by atoms with Gasteiger partial charge in [0.1, 0.15) is 5.82 Å². The predicted octanol–water partition coefficient (Wildman–Crippen LogP) is 2.15. The Morgan fingerprint density at radius 2 is 2.23 bits per heavy atom. The van der Waals surface area contributed by atoms with Crippen LogP contribution in [0, 0.1) is 3.57 Å². The third-order valence-electron chi connectivity index (χ3n) is 1.50. The van der Waals surface area contributed by atoms with Crippen molar-refractivity contribution < 1.29 is 0 Å². The molecule has 0 saturated carbocycles. The smallest absolute Gasteiger partial charge is 0.130 e. The summed E-state index contributed by atoms with van der Waals surface area (Å²) in [4.78, 5) is 4.19. The molecule has 2 N–H and O–H groups in total. The van der Waals surface area contributed by atoms with Gasteiger partial charge in [0, 0.05) is 16.0 Å². The molecule has 0 aromatic carbocycles. The van der Waals surface area contributed by atoms with Crippen molar-refractivity contribution in [1.82, 2.24) is 15.2 Å². The van der Waals surface area contributed by atoms with E-state index in [9.17, 15) is 0 Å². The number of aromatic amines is 1. The molecule has 0 unspecified atom stereocenters. The minimum atomic E-state index is 0.821. The lowest BCUT2D eigenvalue weighted by Crippen LogP contribution is -1.91. The fourth-order valence-corrected chi connectivity index (χ4v) is 1.24. The molecule has 0 spiro atoms. The van der Waals surface area contributed by atoms with Crippen LogP contribution >= 0.6 is 22.6 Å². The van der Waals surface area contributed by atoms with Gasteiger partial charge in [0.05, 0.1) is 11.9 Å². The highest BCUT2D eigenvalue weighted by molar-refractivity contribution is 14.1. The van der Waals surface area contributed by atoms with Crippen LogP contribution in [0.2, 0.25) is 0 Å². The van der Waals surface area contributed by atoms with Crippen molar-refractivity contribution >= 4 is 34.1 Å². The van der Waals surface area contributed by atoms with Gasteiger partial charge < -0.3 is 5.32 Å². The van der Waals surface area contributed by atoms with Crippen molar-refractivity contribution in [3.05, 3.63) is 34.3 Å². The minimum absolute atomic E-state index is 0.821. The highest BCUT2D eigenvalue weighted by Gasteiger charge is 1.95. The van der Waals surface area contributed by atoms with E-state index < -0.39 is 0 Å². The lowest BCUT2D eigenvalue weighted by atomic mass is 10.4. The molecule has 0 bridgehead atoms. The zero-order chi connectivity index (χ0) is 9.10. The number of hydrogen-bond acceptors (Lipinski definition) is 3. The largest absolute Gasteiger partial charge is 0.338 e. The number of hydrogen-bond donors (Lipinski definition) is 2. The Kier molecular flexibility index (Phi) is 2.44. The van der Waals surface area contributed by atoms with E-state index in [2.05, 4.69) is 43.1 Å². The summed E-state index contributed by atoms with van der Waals surface area (Å²) in [5.41, 5.74) is 0.911. The number of rotatable bonds is 2. The summed E-state index contributed by atoms with van der Waals surface area (Å²) in [5, 5.41) is 9.64. The molecule has 2 heterocycles. The topological polar surface area (TPSA) is 53.6 Å². The molecule has 66 valence electrons. The third-order valence-corrected chi connectivity index (χ3v) is 2.14. The molecule has 0 aliphatic carbocycles. The molecule has 0 aliphatic heterocycles. The van der Waals surface area contributed by atoms with Gasteiger partial charge in [0.15, 0.2) is 0 Å². The van der Waals surface area contributed by atoms with Crippen LogP contribution in [0.5, 0.6) is 0 Å². The summed E-state index contributed by atoms with van der Waals surface area (Å²) in [5.74, 6) is 0.821. The molecule has 0 aliphatic rings. The normalized spacial score (nSPS) is 9.92. The van der Waals surface area contributed by atoms with E-state index >= 15 is 0 Å². The second-order valence-electron chi connectivity index (χ2n) is 2.47. The molecule has 0 atom stereocenters. The number of halogens is 1. The first-order valence-electron chi connectivity index (χ1n) is 3.72. The fraction of sp³-hybridized carbons (Fsp3) is 0. The molecule has 0 radical (unpaired) electrons. The number of pyridine rings is 1. The van der Waals surface area contributed by atoms with Crippen LogP contribution in [0.4, 0.5) is 11.5 Å². The molecular weight excluding hydrogens is 279 g/mol. The SMILES string of the molecule is Ic1ccc(Nc2cn[nH]c2)nc1.